The smallest absolute Gasteiger partial charge is 0.257 e. The molecule has 0 aliphatic heterocycles. The van der Waals surface area contributed by atoms with Crippen LogP contribution in [0.15, 0.2) is 75.6 Å². The lowest BCUT2D eigenvalue weighted by atomic mass is 10.2. The second kappa shape index (κ2) is 9.69. The molecule has 1 heterocycles. The molecule has 0 fully saturated rings. The van der Waals surface area contributed by atoms with Gasteiger partial charge in [-0.3, -0.25) is 10.1 Å². The van der Waals surface area contributed by atoms with E-state index in [1.54, 1.807) is 37.4 Å². The number of fused-ring (bicyclic) bond motifs is 1. The minimum atomic E-state index is -0.275. The standard InChI is InChI=1S/C22H16BrN3O3S.H2O/c1-28-18-9-7-14(11-16(18)23)21-25-17-12-15(8-10-19(17)29-21)24-22(30)26-20(27)13-5-3-2-4-6-13;/h2-12H,1H3,(H2,24,26,27,30);1H2. The van der Waals surface area contributed by atoms with Crippen LogP contribution in [-0.2, 0) is 0 Å². The third-order valence-electron chi connectivity index (χ3n) is 4.31. The molecule has 1 aromatic heterocycles. The van der Waals surface area contributed by atoms with E-state index >= 15 is 0 Å². The van der Waals surface area contributed by atoms with Gasteiger partial charge in [-0.2, -0.15) is 0 Å². The minimum absolute atomic E-state index is 0. The molecular weight excluding hydrogens is 482 g/mol. The average molecular weight is 500 g/mol. The van der Waals surface area contributed by atoms with Gasteiger partial charge in [0.05, 0.1) is 11.6 Å². The molecule has 7 nitrogen and oxygen atoms in total. The van der Waals surface area contributed by atoms with E-state index in [1.807, 2.05) is 36.4 Å². The van der Waals surface area contributed by atoms with Crippen LogP contribution in [0.25, 0.3) is 22.6 Å². The van der Waals surface area contributed by atoms with Crippen molar-refractivity contribution in [3.8, 4) is 17.2 Å². The number of oxazole rings is 1. The van der Waals surface area contributed by atoms with Crippen molar-refractivity contribution in [2.75, 3.05) is 12.4 Å². The molecule has 9 heteroatoms. The van der Waals surface area contributed by atoms with Crippen molar-refractivity contribution in [3.05, 3.63) is 76.8 Å². The SMILES string of the molecule is COc1ccc(-c2nc3cc(NC(=S)NC(=O)c4ccccc4)ccc3o2)cc1Br.O. The van der Waals surface area contributed by atoms with Crippen LogP contribution in [0, 0.1) is 0 Å². The predicted molar refractivity (Wildman–Crippen MR) is 127 cm³/mol. The Morgan fingerprint density at radius 2 is 1.87 bits per heavy atom. The molecule has 0 aliphatic carbocycles. The van der Waals surface area contributed by atoms with E-state index in [4.69, 9.17) is 21.4 Å². The molecule has 31 heavy (non-hydrogen) atoms. The number of nitrogens with zero attached hydrogens (tertiary/aromatic N) is 1. The maximum Gasteiger partial charge on any atom is 0.257 e. The number of amides is 1. The number of methoxy groups -OCH3 is 1. The molecule has 4 aromatic rings. The Bertz CT molecular complexity index is 1240. The summed E-state index contributed by atoms with van der Waals surface area (Å²) in [5.74, 6) is 0.945. The van der Waals surface area contributed by atoms with Gasteiger partial charge in [0, 0.05) is 16.8 Å². The zero-order valence-corrected chi connectivity index (χ0v) is 18.7. The quantitative estimate of drug-likeness (QED) is 0.398. The lowest BCUT2D eigenvalue weighted by Crippen LogP contribution is -2.34. The fourth-order valence-corrected chi connectivity index (χ4v) is 3.61. The number of carbonyl (C=O) groups is 1. The van der Waals surface area contributed by atoms with E-state index in [9.17, 15) is 4.79 Å². The maximum absolute atomic E-state index is 12.2. The van der Waals surface area contributed by atoms with Crippen LogP contribution < -0.4 is 15.4 Å². The highest BCUT2D eigenvalue weighted by atomic mass is 79.9. The Labute approximate surface area is 191 Å². The van der Waals surface area contributed by atoms with E-state index < -0.39 is 0 Å². The van der Waals surface area contributed by atoms with Crippen molar-refractivity contribution < 1.29 is 19.4 Å². The van der Waals surface area contributed by atoms with Gasteiger partial charge < -0.3 is 19.9 Å². The number of carbonyl (C=O) groups excluding carboxylic acids is 1. The van der Waals surface area contributed by atoms with Crippen molar-refractivity contribution in [2.45, 2.75) is 0 Å². The summed E-state index contributed by atoms with van der Waals surface area (Å²) >= 11 is 8.72. The summed E-state index contributed by atoms with van der Waals surface area (Å²) < 4.78 is 11.9. The highest BCUT2D eigenvalue weighted by molar-refractivity contribution is 9.10. The van der Waals surface area contributed by atoms with E-state index in [0.717, 1.165) is 15.8 Å². The second-order valence-corrected chi connectivity index (χ2v) is 7.59. The number of hydrogen-bond donors (Lipinski definition) is 2. The van der Waals surface area contributed by atoms with E-state index in [0.29, 0.717) is 28.2 Å². The van der Waals surface area contributed by atoms with E-state index in [-0.39, 0.29) is 16.5 Å². The Kier molecular flexibility index (Phi) is 7.01. The van der Waals surface area contributed by atoms with Gasteiger partial charge >= 0.3 is 0 Å². The van der Waals surface area contributed by atoms with Crippen molar-refractivity contribution in [1.82, 2.24) is 10.3 Å². The van der Waals surface area contributed by atoms with Crippen LogP contribution >= 0.6 is 28.1 Å². The predicted octanol–water partition coefficient (Wildman–Crippen LogP) is 4.57. The van der Waals surface area contributed by atoms with Crippen molar-refractivity contribution in [3.63, 3.8) is 0 Å². The highest BCUT2D eigenvalue weighted by Crippen LogP contribution is 2.32. The molecule has 0 saturated carbocycles. The fraction of sp³-hybridized carbons (Fsp3) is 0.0455. The lowest BCUT2D eigenvalue weighted by molar-refractivity contribution is 0.0977. The van der Waals surface area contributed by atoms with Gasteiger partial charge in [-0.15, -0.1) is 0 Å². The van der Waals surface area contributed by atoms with Crippen molar-refractivity contribution >= 4 is 56.0 Å². The number of anilines is 1. The molecule has 4 rings (SSSR count). The summed E-state index contributed by atoms with van der Waals surface area (Å²) in [6.07, 6.45) is 0. The Morgan fingerprint density at radius 3 is 2.58 bits per heavy atom. The van der Waals surface area contributed by atoms with Crippen LogP contribution in [0.3, 0.4) is 0 Å². The summed E-state index contributed by atoms with van der Waals surface area (Å²) in [5, 5.41) is 5.86. The number of benzene rings is 3. The van der Waals surface area contributed by atoms with E-state index in [1.165, 1.54) is 0 Å². The number of ether oxygens (including phenoxy) is 1. The number of halogens is 1. The molecule has 0 aliphatic rings. The molecule has 1 amide bonds. The molecule has 0 atom stereocenters. The summed E-state index contributed by atoms with van der Waals surface area (Å²) in [7, 11) is 1.61. The van der Waals surface area contributed by atoms with Gasteiger partial charge in [0.15, 0.2) is 10.7 Å². The monoisotopic (exact) mass is 499 g/mol. The average Bonchev–Trinajstić information content (AvgIpc) is 3.17. The molecule has 3 aromatic carbocycles. The largest absolute Gasteiger partial charge is 0.496 e. The fourth-order valence-electron chi connectivity index (χ4n) is 2.86. The molecule has 0 radical (unpaired) electrons. The van der Waals surface area contributed by atoms with Crippen LogP contribution in [0.5, 0.6) is 5.75 Å². The highest BCUT2D eigenvalue weighted by Gasteiger charge is 2.12. The number of rotatable bonds is 4. The molecule has 0 bridgehead atoms. The molecular formula is C22H18BrN3O4S. The van der Waals surface area contributed by atoms with Gasteiger partial charge in [-0.05, 0) is 76.7 Å². The van der Waals surface area contributed by atoms with Crippen LogP contribution in [0.4, 0.5) is 5.69 Å². The zero-order valence-electron chi connectivity index (χ0n) is 16.3. The van der Waals surface area contributed by atoms with Crippen LogP contribution in [-0.4, -0.2) is 28.6 Å². The van der Waals surface area contributed by atoms with Gasteiger partial charge in [-0.25, -0.2) is 4.98 Å². The first-order valence-corrected chi connectivity index (χ1v) is 10.2. The minimum Gasteiger partial charge on any atom is -0.496 e. The maximum atomic E-state index is 12.2. The lowest BCUT2D eigenvalue weighted by Gasteiger charge is -2.09. The first-order chi connectivity index (χ1) is 14.5. The summed E-state index contributed by atoms with van der Waals surface area (Å²) in [6, 6.07) is 19.9. The summed E-state index contributed by atoms with van der Waals surface area (Å²) in [4.78, 5) is 16.8. The van der Waals surface area contributed by atoms with Gasteiger partial charge in [0.25, 0.3) is 5.91 Å². The Hall–Kier alpha value is -3.27. The second-order valence-electron chi connectivity index (χ2n) is 6.33. The normalized spacial score (nSPS) is 10.3. The van der Waals surface area contributed by atoms with E-state index in [2.05, 4.69) is 31.5 Å². The number of thiocarbonyl (C=S) groups is 1. The van der Waals surface area contributed by atoms with Gasteiger partial charge in [0.1, 0.15) is 11.3 Å². The Morgan fingerprint density at radius 1 is 1.10 bits per heavy atom. The molecule has 4 N–H and O–H groups in total. The third-order valence-corrected chi connectivity index (χ3v) is 5.13. The molecule has 0 spiro atoms. The molecule has 0 unspecified atom stereocenters. The zero-order chi connectivity index (χ0) is 21.1. The van der Waals surface area contributed by atoms with Crippen molar-refractivity contribution in [2.24, 2.45) is 0 Å². The molecule has 158 valence electrons. The van der Waals surface area contributed by atoms with Gasteiger partial charge in [0.2, 0.25) is 5.89 Å². The van der Waals surface area contributed by atoms with Gasteiger partial charge in [-0.1, -0.05) is 18.2 Å². The van der Waals surface area contributed by atoms with Crippen LogP contribution in [0.2, 0.25) is 0 Å². The number of aromatic nitrogens is 1. The topological polar surface area (TPSA) is 108 Å². The first-order valence-electron chi connectivity index (χ1n) is 8.95. The number of nitrogens with one attached hydrogen (secondary N) is 2. The first kappa shape index (κ1) is 22.4. The van der Waals surface area contributed by atoms with Crippen molar-refractivity contribution in [1.29, 1.82) is 0 Å². The number of hydrogen-bond acceptors (Lipinski definition) is 5. The Balaban J connectivity index is 0.00000272. The van der Waals surface area contributed by atoms with Crippen LogP contribution in [0.1, 0.15) is 10.4 Å². The summed E-state index contributed by atoms with van der Waals surface area (Å²) in [6.45, 7) is 0. The third kappa shape index (κ3) is 5.08. The summed E-state index contributed by atoms with van der Waals surface area (Å²) in [5.41, 5.74) is 3.35. The molecule has 0 saturated heterocycles.